The Morgan fingerprint density at radius 1 is 1.15 bits per heavy atom. The highest BCUT2D eigenvalue weighted by molar-refractivity contribution is 6.07. The highest BCUT2D eigenvalue weighted by atomic mass is 16.5. The molecule has 5 nitrogen and oxygen atoms in total. The maximum Gasteiger partial charge on any atom is 0.373 e. The number of esters is 1. The molecule has 0 radical (unpaired) electrons. The van der Waals surface area contributed by atoms with E-state index in [0.29, 0.717) is 24.9 Å². The van der Waals surface area contributed by atoms with Crippen molar-refractivity contribution >= 4 is 11.8 Å². The van der Waals surface area contributed by atoms with Crippen LogP contribution in [0.25, 0.3) is 0 Å². The molecule has 4 atom stereocenters. The molecule has 5 heteroatoms. The maximum absolute atomic E-state index is 13.3. The first kappa shape index (κ1) is 22.7. The van der Waals surface area contributed by atoms with E-state index < -0.39 is 17.1 Å². The van der Waals surface area contributed by atoms with E-state index in [9.17, 15) is 14.7 Å². The van der Waals surface area contributed by atoms with E-state index >= 15 is 0 Å². The highest BCUT2D eigenvalue weighted by Gasteiger charge is 2.57. The summed E-state index contributed by atoms with van der Waals surface area (Å²) in [4.78, 5) is 25.4. The lowest BCUT2D eigenvalue weighted by Crippen LogP contribution is -2.42. The molecule has 4 unspecified atom stereocenters. The summed E-state index contributed by atoms with van der Waals surface area (Å²) in [5, 5.41) is 10.5. The van der Waals surface area contributed by atoms with Crippen LogP contribution in [-0.2, 0) is 27.4 Å². The van der Waals surface area contributed by atoms with E-state index in [1.54, 1.807) is 6.92 Å². The number of carbonyl (C=O) groups excluding carboxylic acids is 2. The number of aliphatic hydroxyl groups excluding tert-OH is 1. The second-order valence-electron chi connectivity index (χ2n) is 10.1. The number of aliphatic hydroxyl groups is 1. The molecule has 3 aliphatic rings. The molecule has 2 aromatic rings. The summed E-state index contributed by atoms with van der Waals surface area (Å²) in [5.41, 5.74) is 3.59. The predicted molar refractivity (Wildman–Crippen MR) is 129 cm³/mol. The average Bonchev–Trinajstić information content (AvgIpc) is 3.13. The molecule has 5 rings (SSSR count). The minimum atomic E-state index is -0.790. The fourth-order valence-electron chi connectivity index (χ4n) is 6.55. The van der Waals surface area contributed by atoms with E-state index in [4.69, 9.17) is 9.47 Å². The number of fused-ring (bicyclic) bond motifs is 5. The van der Waals surface area contributed by atoms with Gasteiger partial charge in [0.2, 0.25) is 5.76 Å². The van der Waals surface area contributed by atoms with E-state index in [-0.39, 0.29) is 23.9 Å². The standard InChI is InChI=1S/C29H32O5/c1-3-33-28(32)26(30)24-16-25-23-11-9-19-15-20(34-17-18-7-5-4-6-8-18)10-12-21(19)22(23)13-14-29(25,2)27(24)31/h4-8,10,12,15,22-23,25,30H,3,9,11,13-14,16-17H2,1-2H3/b26-24-. The summed E-state index contributed by atoms with van der Waals surface area (Å²) in [6.07, 6.45) is 4.11. The minimum Gasteiger partial charge on any atom is -0.502 e. The number of benzene rings is 2. The molecule has 2 saturated carbocycles. The van der Waals surface area contributed by atoms with Crippen molar-refractivity contribution in [3.05, 3.63) is 76.6 Å². The molecule has 0 spiro atoms. The molecule has 0 saturated heterocycles. The molecule has 3 aliphatic carbocycles. The van der Waals surface area contributed by atoms with E-state index in [0.717, 1.165) is 37.0 Å². The molecular formula is C29H32O5. The lowest BCUT2D eigenvalue weighted by Gasteiger charge is -2.48. The van der Waals surface area contributed by atoms with Gasteiger partial charge in [-0.25, -0.2) is 4.79 Å². The monoisotopic (exact) mass is 460 g/mol. The minimum absolute atomic E-state index is 0.0723. The third-order valence-corrected chi connectivity index (χ3v) is 8.31. The Kier molecular flexibility index (Phi) is 5.97. The van der Waals surface area contributed by atoms with Crippen molar-refractivity contribution in [2.75, 3.05) is 6.61 Å². The molecule has 2 fully saturated rings. The number of rotatable bonds is 5. The van der Waals surface area contributed by atoms with Gasteiger partial charge in [0.15, 0.2) is 5.78 Å². The van der Waals surface area contributed by atoms with Crippen molar-refractivity contribution in [2.45, 2.75) is 58.5 Å². The van der Waals surface area contributed by atoms with Gasteiger partial charge in [-0.2, -0.15) is 0 Å². The Labute approximate surface area is 200 Å². The number of hydrogen-bond acceptors (Lipinski definition) is 5. The van der Waals surface area contributed by atoms with Crippen LogP contribution in [0, 0.1) is 17.3 Å². The average molecular weight is 461 g/mol. The number of allylic oxidation sites excluding steroid dienone is 1. The molecule has 0 bridgehead atoms. The Morgan fingerprint density at radius 2 is 1.94 bits per heavy atom. The summed E-state index contributed by atoms with van der Waals surface area (Å²) in [6, 6.07) is 16.6. The van der Waals surface area contributed by atoms with Crippen LogP contribution >= 0.6 is 0 Å². The Morgan fingerprint density at radius 3 is 2.71 bits per heavy atom. The number of ketones is 1. The van der Waals surface area contributed by atoms with Crippen molar-refractivity contribution < 1.29 is 24.2 Å². The quantitative estimate of drug-likeness (QED) is 0.353. The second kappa shape index (κ2) is 8.94. The molecule has 0 aromatic heterocycles. The van der Waals surface area contributed by atoms with Gasteiger partial charge in [-0.1, -0.05) is 43.3 Å². The van der Waals surface area contributed by atoms with Crippen LogP contribution in [0.2, 0.25) is 0 Å². The third-order valence-electron chi connectivity index (χ3n) is 8.31. The fourth-order valence-corrected chi connectivity index (χ4v) is 6.55. The molecule has 1 N–H and O–H groups in total. The Balaban J connectivity index is 1.36. The van der Waals surface area contributed by atoms with Crippen molar-refractivity contribution in [3.63, 3.8) is 0 Å². The normalized spacial score (nSPS) is 29.0. The predicted octanol–water partition coefficient (Wildman–Crippen LogP) is 5.68. The summed E-state index contributed by atoms with van der Waals surface area (Å²) in [5.74, 6) is 0.421. The first-order valence-corrected chi connectivity index (χ1v) is 12.4. The van der Waals surface area contributed by atoms with Crippen molar-refractivity contribution in [1.82, 2.24) is 0 Å². The van der Waals surface area contributed by atoms with Gasteiger partial charge in [0, 0.05) is 11.0 Å². The first-order chi connectivity index (χ1) is 16.4. The van der Waals surface area contributed by atoms with Gasteiger partial charge in [-0.15, -0.1) is 0 Å². The van der Waals surface area contributed by atoms with E-state index in [1.807, 2.05) is 25.1 Å². The zero-order valence-electron chi connectivity index (χ0n) is 19.9. The molecule has 0 amide bonds. The molecule has 2 aromatic carbocycles. The van der Waals surface area contributed by atoms with Gasteiger partial charge in [0.25, 0.3) is 0 Å². The Bertz CT molecular complexity index is 1130. The Hall–Kier alpha value is -3.08. The number of hydrogen-bond donors (Lipinski definition) is 1. The summed E-state index contributed by atoms with van der Waals surface area (Å²) >= 11 is 0. The number of aryl methyl sites for hydroxylation is 1. The summed E-state index contributed by atoms with van der Waals surface area (Å²) in [7, 11) is 0. The van der Waals surface area contributed by atoms with Crippen LogP contribution in [0.3, 0.4) is 0 Å². The lowest BCUT2D eigenvalue weighted by atomic mass is 9.55. The zero-order chi connectivity index (χ0) is 23.9. The van der Waals surface area contributed by atoms with Gasteiger partial charge in [0.1, 0.15) is 12.4 Å². The molecule has 178 valence electrons. The largest absolute Gasteiger partial charge is 0.502 e. The van der Waals surface area contributed by atoms with Crippen molar-refractivity contribution in [3.8, 4) is 5.75 Å². The molecule has 34 heavy (non-hydrogen) atoms. The summed E-state index contributed by atoms with van der Waals surface area (Å²) < 4.78 is 11.0. The second-order valence-corrected chi connectivity index (χ2v) is 10.1. The van der Waals surface area contributed by atoms with E-state index in [1.165, 1.54) is 11.1 Å². The number of ether oxygens (including phenoxy) is 2. The van der Waals surface area contributed by atoms with Gasteiger partial charge >= 0.3 is 5.97 Å². The van der Waals surface area contributed by atoms with Gasteiger partial charge in [-0.3, -0.25) is 4.79 Å². The van der Waals surface area contributed by atoms with Crippen LogP contribution in [0.1, 0.15) is 62.1 Å². The number of Topliss-reactive ketones (excluding diaryl/α,β-unsaturated/α-hetero) is 1. The number of carbonyl (C=O) groups is 2. The highest BCUT2D eigenvalue weighted by Crippen LogP contribution is 2.61. The van der Waals surface area contributed by atoms with Crippen molar-refractivity contribution in [2.24, 2.45) is 17.3 Å². The zero-order valence-corrected chi connectivity index (χ0v) is 19.9. The van der Waals surface area contributed by atoms with E-state index in [2.05, 4.69) is 30.3 Å². The molecule has 0 heterocycles. The van der Waals surface area contributed by atoms with Crippen LogP contribution in [-0.4, -0.2) is 23.5 Å². The third kappa shape index (κ3) is 3.81. The van der Waals surface area contributed by atoms with Crippen LogP contribution in [0.15, 0.2) is 59.9 Å². The summed E-state index contributed by atoms with van der Waals surface area (Å²) in [6.45, 7) is 4.43. The van der Waals surface area contributed by atoms with Gasteiger partial charge < -0.3 is 14.6 Å². The lowest BCUT2D eigenvalue weighted by molar-refractivity contribution is -0.142. The maximum atomic E-state index is 13.3. The first-order valence-electron chi connectivity index (χ1n) is 12.4. The topological polar surface area (TPSA) is 72.8 Å². The van der Waals surface area contributed by atoms with Gasteiger partial charge in [0.05, 0.1) is 6.61 Å². The molecular weight excluding hydrogens is 428 g/mol. The van der Waals surface area contributed by atoms with Gasteiger partial charge in [-0.05, 0) is 85.6 Å². The van der Waals surface area contributed by atoms with Crippen LogP contribution in [0.5, 0.6) is 5.75 Å². The molecule has 0 aliphatic heterocycles. The fraction of sp³-hybridized carbons (Fsp3) is 0.448. The smallest absolute Gasteiger partial charge is 0.373 e. The van der Waals surface area contributed by atoms with Crippen LogP contribution < -0.4 is 4.74 Å². The SMILES string of the molecule is CCOC(=O)/C(O)=C1\CC2C3CCc4cc(OCc5ccccc5)ccc4C3CCC2(C)C1=O. The van der Waals surface area contributed by atoms with Crippen molar-refractivity contribution in [1.29, 1.82) is 0 Å². The van der Waals surface area contributed by atoms with Crippen LogP contribution in [0.4, 0.5) is 0 Å².